The van der Waals surface area contributed by atoms with E-state index in [1.165, 1.54) is 42.6 Å². The topological polar surface area (TPSA) is 43.6 Å². The highest BCUT2D eigenvalue weighted by Gasteiger charge is 2.43. The first-order chi connectivity index (χ1) is 31.2. The fraction of sp³-hybridized carbons (Fsp3) is 0.0172. The molecule has 11 aromatic rings. The highest BCUT2D eigenvalue weighted by molar-refractivity contribution is 7.20. The van der Waals surface area contributed by atoms with Crippen LogP contribution in [0.4, 0.5) is 0 Å². The number of nitrogens with zero attached hydrogens (tertiary/aromatic N) is 4. The second-order valence-electron chi connectivity index (χ2n) is 16.0. The molecule has 5 heteroatoms. The largest absolute Gasteiger partial charge is 0.308 e. The van der Waals surface area contributed by atoms with Gasteiger partial charge in [-0.05, 0) is 69.1 Å². The molecule has 0 N–H and O–H groups in total. The summed E-state index contributed by atoms with van der Waals surface area (Å²) in [6.07, 6.45) is 0. The van der Waals surface area contributed by atoms with E-state index in [-0.39, 0.29) is 0 Å². The number of fused-ring (bicyclic) bond motifs is 3. The number of hydrogen-bond acceptors (Lipinski definition) is 3. The number of hydrogen-bond donors (Lipinski definition) is 0. The Bertz CT molecular complexity index is 3230. The summed E-state index contributed by atoms with van der Waals surface area (Å²) in [6.45, 7) is 2.16. The molecule has 0 saturated heterocycles. The standard InChI is InChI=1S/C58H42N4Si/c1-41-35-38-53-51(39-41)49-32-17-19-33-52(49)62(53)54-40-44(36-37-50(54)58-60-56(42-21-7-2-8-22-42)59-57(61-58)43-23-9-3-10-24-43)48-31-18-20-34-55(48)63(45-25-11-4-12-26-45,46-27-13-5-14-28-46)47-29-15-6-16-30-47/h2-40H,1H3. The molecule has 0 aliphatic heterocycles. The fourth-order valence-electron chi connectivity index (χ4n) is 9.44. The Labute approximate surface area is 368 Å². The molecule has 0 aliphatic rings. The van der Waals surface area contributed by atoms with Gasteiger partial charge in [0.25, 0.3) is 0 Å². The summed E-state index contributed by atoms with van der Waals surface area (Å²) in [7, 11) is -2.91. The molecule has 11 rings (SSSR count). The van der Waals surface area contributed by atoms with E-state index in [2.05, 4.69) is 212 Å². The van der Waals surface area contributed by atoms with Crippen molar-refractivity contribution < 1.29 is 0 Å². The van der Waals surface area contributed by atoms with Crippen molar-refractivity contribution in [1.29, 1.82) is 0 Å². The molecule has 0 radical (unpaired) electrons. The number of para-hydroxylation sites is 1. The lowest BCUT2D eigenvalue weighted by molar-refractivity contribution is 1.06. The van der Waals surface area contributed by atoms with E-state index < -0.39 is 8.07 Å². The zero-order valence-electron chi connectivity index (χ0n) is 34.8. The van der Waals surface area contributed by atoms with Gasteiger partial charge in [-0.25, -0.2) is 15.0 Å². The van der Waals surface area contributed by atoms with Gasteiger partial charge in [-0.2, -0.15) is 0 Å². The van der Waals surface area contributed by atoms with Crippen molar-refractivity contribution in [1.82, 2.24) is 19.5 Å². The predicted molar refractivity (Wildman–Crippen MR) is 264 cm³/mol. The molecule has 9 aromatic carbocycles. The van der Waals surface area contributed by atoms with Gasteiger partial charge in [0.05, 0.1) is 16.7 Å². The lowest BCUT2D eigenvalue weighted by atomic mass is 10.0. The van der Waals surface area contributed by atoms with Crippen LogP contribution in [0.2, 0.25) is 0 Å². The van der Waals surface area contributed by atoms with Gasteiger partial charge in [0, 0.05) is 27.5 Å². The summed E-state index contributed by atoms with van der Waals surface area (Å²) in [5, 5.41) is 7.71. The van der Waals surface area contributed by atoms with Crippen LogP contribution in [0.25, 0.3) is 72.8 Å². The van der Waals surface area contributed by atoms with Crippen LogP contribution in [0, 0.1) is 6.92 Å². The first kappa shape index (κ1) is 38.0. The van der Waals surface area contributed by atoms with Crippen LogP contribution in [0.3, 0.4) is 0 Å². The van der Waals surface area contributed by atoms with Crippen LogP contribution < -0.4 is 20.7 Å². The van der Waals surface area contributed by atoms with Gasteiger partial charge < -0.3 is 4.57 Å². The SMILES string of the molecule is Cc1ccc2c(c1)c1ccccc1n2-c1cc(-c2ccccc2[Si](c2ccccc2)(c2ccccc2)c2ccccc2)ccc1-c1nc(-c2ccccc2)nc(-c2ccccc2)n1. The van der Waals surface area contributed by atoms with Crippen molar-refractivity contribution in [2.45, 2.75) is 6.92 Å². The number of rotatable bonds is 9. The zero-order valence-corrected chi connectivity index (χ0v) is 35.8. The molecule has 0 saturated carbocycles. The maximum atomic E-state index is 5.29. The smallest absolute Gasteiger partial charge is 0.180 e. The van der Waals surface area contributed by atoms with E-state index in [0.717, 1.165) is 39.0 Å². The van der Waals surface area contributed by atoms with Gasteiger partial charge in [-0.3, -0.25) is 0 Å². The quantitative estimate of drug-likeness (QED) is 0.108. The monoisotopic (exact) mass is 822 g/mol. The molecule has 63 heavy (non-hydrogen) atoms. The highest BCUT2D eigenvalue weighted by atomic mass is 28.3. The van der Waals surface area contributed by atoms with Crippen LogP contribution in [0.15, 0.2) is 237 Å². The van der Waals surface area contributed by atoms with Crippen molar-refractivity contribution in [3.8, 4) is 51.0 Å². The molecule has 0 unspecified atom stereocenters. The van der Waals surface area contributed by atoms with Crippen LogP contribution in [0.5, 0.6) is 0 Å². The summed E-state index contributed by atoms with van der Waals surface area (Å²) in [4.78, 5) is 15.7. The van der Waals surface area contributed by atoms with Gasteiger partial charge >= 0.3 is 0 Å². The van der Waals surface area contributed by atoms with Crippen molar-refractivity contribution >= 4 is 50.6 Å². The Balaban J connectivity index is 1.23. The Morgan fingerprint density at radius 2 is 0.825 bits per heavy atom. The first-order valence-electron chi connectivity index (χ1n) is 21.4. The highest BCUT2D eigenvalue weighted by Crippen LogP contribution is 2.39. The molecule has 0 bridgehead atoms. The summed E-state index contributed by atoms with van der Waals surface area (Å²) in [5.74, 6) is 1.86. The Kier molecular flexibility index (Phi) is 9.72. The minimum absolute atomic E-state index is 0.608. The lowest BCUT2D eigenvalue weighted by Crippen LogP contribution is -2.75. The third kappa shape index (κ3) is 6.67. The summed E-state index contributed by atoms with van der Waals surface area (Å²) < 4.78 is 2.41. The molecular weight excluding hydrogens is 781 g/mol. The van der Waals surface area contributed by atoms with Gasteiger partial charge in [0.2, 0.25) is 0 Å². The molecule has 0 aliphatic carbocycles. The van der Waals surface area contributed by atoms with Crippen molar-refractivity contribution in [2.75, 3.05) is 0 Å². The first-order valence-corrected chi connectivity index (χ1v) is 23.4. The Morgan fingerprint density at radius 1 is 0.349 bits per heavy atom. The average Bonchev–Trinajstić information content (AvgIpc) is 3.69. The Hall–Kier alpha value is -7.99. The minimum Gasteiger partial charge on any atom is -0.308 e. The third-order valence-corrected chi connectivity index (χ3v) is 17.1. The molecular formula is C58H42N4Si. The van der Waals surface area contributed by atoms with E-state index >= 15 is 0 Å². The van der Waals surface area contributed by atoms with Crippen molar-refractivity contribution in [3.05, 3.63) is 242 Å². The van der Waals surface area contributed by atoms with Crippen LogP contribution >= 0.6 is 0 Å². The van der Waals surface area contributed by atoms with Crippen molar-refractivity contribution in [2.24, 2.45) is 0 Å². The number of benzene rings is 9. The molecule has 4 nitrogen and oxygen atoms in total. The normalized spacial score (nSPS) is 11.6. The van der Waals surface area contributed by atoms with E-state index in [9.17, 15) is 0 Å². The summed E-state index contributed by atoms with van der Waals surface area (Å²) >= 11 is 0. The van der Waals surface area contributed by atoms with Crippen LogP contribution in [-0.4, -0.2) is 27.6 Å². The summed E-state index contributed by atoms with van der Waals surface area (Å²) in [6, 6.07) is 85.3. The van der Waals surface area contributed by atoms with Crippen LogP contribution in [0.1, 0.15) is 5.56 Å². The second kappa shape index (κ2) is 16.1. The maximum Gasteiger partial charge on any atom is 0.180 e. The molecule has 0 fully saturated rings. The molecule has 2 aromatic heterocycles. The molecule has 298 valence electrons. The number of aromatic nitrogens is 4. The molecule has 0 amide bonds. The lowest BCUT2D eigenvalue weighted by Gasteiger charge is -2.36. The van der Waals surface area contributed by atoms with E-state index in [1.807, 2.05) is 36.4 Å². The molecule has 2 heterocycles. The minimum atomic E-state index is -2.91. The van der Waals surface area contributed by atoms with Gasteiger partial charge in [-0.15, -0.1) is 0 Å². The maximum absolute atomic E-state index is 5.29. The third-order valence-electron chi connectivity index (χ3n) is 12.3. The Morgan fingerprint density at radius 3 is 1.41 bits per heavy atom. The van der Waals surface area contributed by atoms with Gasteiger partial charge in [0.15, 0.2) is 25.5 Å². The molecule has 0 spiro atoms. The van der Waals surface area contributed by atoms with Gasteiger partial charge in [-0.1, -0.05) is 212 Å². The van der Waals surface area contributed by atoms with E-state index in [4.69, 9.17) is 15.0 Å². The van der Waals surface area contributed by atoms with Gasteiger partial charge in [0.1, 0.15) is 0 Å². The second-order valence-corrected chi connectivity index (χ2v) is 19.8. The number of aryl methyl sites for hydroxylation is 1. The average molecular weight is 823 g/mol. The summed E-state index contributed by atoms with van der Waals surface area (Å²) in [5.41, 5.74) is 9.53. The van der Waals surface area contributed by atoms with E-state index in [1.54, 1.807) is 0 Å². The molecule has 0 atom stereocenters. The zero-order chi connectivity index (χ0) is 42.2. The van der Waals surface area contributed by atoms with E-state index in [0.29, 0.717) is 17.5 Å². The van der Waals surface area contributed by atoms with Crippen LogP contribution in [-0.2, 0) is 0 Å². The predicted octanol–water partition coefficient (Wildman–Crippen LogP) is 11.3. The van der Waals surface area contributed by atoms with Crippen molar-refractivity contribution in [3.63, 3.8) is 0 Å². The fourth-order valence-corrected chi connectivity index (χ4v) is 14.4.